The van der Waals surface area contributed by atoms with Crippen LogP contribution in [-0.2, 0) is 9.63 Å². The number of amides is 1. The third-order valence-corrected chi connectivity index (χ3v) is 9.07. The van der Waals surface area contributed by atoms with Crippen LogP contribution < -0.4 is 25.3 Å². The summed E-state index contributed by atoms with van der Waals surface area (Å²) in [6.07, 6.45) is 5.63. The lowest BCUT2D eigenvalue weighted by atomic mass is 10.0. The average molecular weight is 624 g/mol. The third-order valence-electron chi connectivity index (χ3n) is 9.07. The molecule has 3 saturated heterocycles. The van der Waals surface area contributed by atoms with E-state index in [1.165, 1.54) is 12.4 Å². The number of piperidine rings is 1. The SMILES string of the molecule is C=CC(=O)Nc1cc(Nc2cc(N3OCCC3c3cccc(C#N)c3)ncn2)c(OC)cc1N1CCC(N2CCN(C)CC2)CC1. The number of hydrogen-bond acceptors (Lipinski definition) is 11. The molecule has 3 aliphatic heterocycles. The van der Waals surface area contributed by atoms with Crippen LogP contribution in [0, 0.1) is 11.3 Å². The molecule has 46 heavy (non-hydrogen) atoms. The van der Waals surface area contributed by atoms with Crippen molar-refractivity contribution in [3.05, 3.63) is 72.6 Å². The van der Waals surface area contributed by atoms with Crippen molar-refractivity contribution in [1.29, 1.82) is 5.26 Å². The lowest BCUT2D eigenvalue weighted by Crippen LogP contribution is -2.52. The fourth-order valence-electron chi connectivity index (χ4n) is 6.53. The molecule has 1 atom stereocenters. The van der Waals surface area contributed by atoms with E-state index in [1.54, 1.807) is 18.2 Å². The largest absolute Gasteiger partial charge is 0.494 e. The molecule has 1 amide bonds. The van der Waals surface area contributed by atoms with Crippen LogP contribution in [0.1, 0.15) is 36.4 Å². The molecule has 0 aliphatic carbocycles. The number of hydrogen-bond donors (Lipinski definition) is 2. The lowest BCUT2D eigenvalue weighted by Gasteiger charge is -2.43. The van der Waals surface area contributed by atoms with E-state index < -0.39 is 0 Å². The number of aromatic nitrogens is 2. The first-order valence-corrected chi connectivity index (χ1v) is 15.8. The number of nitriles is 1. The Morgan fingerprint density at radius 2 is 1.87 bits per heavy atom. The predicted octanol–water partition coefficient (Wildman–Crippen LogP) is 4.32. The molecule has 0 radical (unpaired) electrons. The summed E-state index contributed by atoms with van der Waals surface area (Å²) >= 11 is 0. The van der Waals surface area contributed by atoms with Gasteiger partial charge in [0.05, 0.1) is 48.5 Å². The van der Waals surface area contributed by atoms with Gasteiger partial charge in [0.1, 0.15) is 17.9 Å². The number of anilines is 5. The number of methoxy groups -OCH3 is 1. The van der Waals surface area contributed by atoms with Gasteiger partial charge in [0.15, 0.2) is 5.82 Å². The molecule has 240 valence electrons. The summed E-state index contributed by atoms with van der Waals surface area (Å²) in [4.78, 5) is 34.8. The predicted molar refractivity (Wildman–Crippen MR) is 178 cm³/mol. The summed E-state index contributed by atoms with van der Waals surface area (Å²) in [5.41, 5.74) is 3.80. The van der Waals surface area contributed by atoms with Crippen LogP contribution in [-0.4, -0.2) is 91.7 Å². The van der Waals surface area contributed by atoms with Crippen molar-refractivity contribution < 1.29 is 14.4 Å². The molecule has 3 aromatic rings. The minimum atomic E-state index is -0.285. The molecule has 1 aromatic heterocycles. The minimum Gasteiger partial charge on any atom is -0.494 e. The van der Waals surface area contributed by atoms with Gasteiger partial charge in [-0.1, -0.05) is 18.7 Å². The van der Waals surface area contributed by atoms with Crippen LogP contribution in [0.3, 0.4) is 0 Å². The van der Waals surface area contributed by atoms with Crippen LogP contribution in [0.5, 0.6) is 5.75 Å². The number of hydroxylamine groups is 1. The van der Waals surface area contributed by atoms with Gasteiger partial charge in [-0.3, -0.25) is 14.5 Å². The van der Waals surface area contributed by atoms with Crippen LogP contribution in [0.4, 0.5) is 28.7 Å². The van der Waals surface area contributed by atoms with Crippen molar-refractivity contribution in [2.24, 2.45) is 0 Å². The van der Waals surface area contributed by atoms with Gasteiger partial charge in [-0.2, -0.15) is 5.26 Å². The van der Waals surface area contributed by atoms with Crippen molar-refractivity contribution >= 4 is 34.6 Å². The van der Waals surface area contributed by atoms with E-state index in [-0.39, 0.29) is 11.9 Å². The Hall–Kier alpha value is -4.70. The fraction of sp³-hybridized carbons (Fsp3) is 0.412. The van der Waals surface area contributed by atoms with E-state index in [2.05, 4.69) is 55.0 Å². The van der Waals surface area contributed by atoms with Crippen LogP contribution in [0.15, 0.2) is 61.4 Å². The Labute approximate surface area is 270 Å². The van der Waals surface area contributed by atoms with Gasteiger partial charge in [-0.15, -0.1) is 0 Å². The summed E-state index contributed by atoms with van der Waals surface area (Å²) in [5.74, 6) is 1.45. The van der Waals surface area contributed by atoms with Crippen molar-refractivity contribution in [2.45, 2.75) is 31.3 Å². The quantitative estimate of drug-likeness (QED) is 0.332. The molecular formula is C34H41N9O3. The molecular weight excluding hydrogens is 582 g/mol. The second kappa shape index (κ2) is 14.2. The van der Waals surface area contributed by atoms with Gasteiger partial charge >= 0.3 is 0 Å². The van der Waals surface area contributed by atoms with Crippen molar-refractivity contribution in [3.8, 4) is 11.8 Å². The van der Waals surface area contributed by atoms with E-state index in [9.17, 15) is 10.1 Å². The first-order valence-electron chi connectivity index (χ1n) is 15.8. The molecule has 3 fully saturated rings. The van der Waals surface area contributed by atoms with Gasteiger partial charge in [-0.05, 0) is 49.7 Å². The van der Waals surface area contributed by atoms with Gasteiger partial charge in [0, 0.05) is 63.9 Å². The summed E-state index contributed by atoms with van der Waals surface area (Å²) in [6, 6.07) is 15.9. The van der Waals surface area contributed by atoms with Gasteiger partial charge < -0.3 is 25.2 Å². The number of piperazine rings is 1. The van der Waals surface area contributed by atoms with Crippen molar-refractivity contribution in [2.75, 3.05) is 80.6 Å². The summed E-state index contributed by atoms with van der Waals surface area (Å²) in [7, 11) is 3.82. The number of carbonyl (C=O) groups is 1. The molecule has 3 aliphatic rings. The number of benzene rings is 2. The number of ether oxygens (including phenoxy) is 1. The molecule has 2 aromatic carbocycles. The number of nitrogens with zero attached hydrogens (tertiary/aromatic N) is 7. The molecule has 12 nitrogen and oxygen atoms in total. The summed E-state index contributed by atoms with van der Waals surface area (Å²) in [5, 5.41) is 17.5. The van der Waals surface area contributed by atoms with Crippen molar-refractivity contribution in [3.63, 3.8) is 0 Å². The highest BCUT2D eigenvalue weighted by Crippen LogP contribution is 2.40. The highest BCUT2D eigenvalue weighted by Gasteiger charge is 2.30. The van der Waals surface area contributed by atoms with E-state index in [4.69, 9.17) is 9.57 Å². The zero-order valence-corrected chi connectivity index (χ0v) is 26.5. The molecule has 4 heterocycles. The highest BCUT2D eigenvalue weighted by molar-refractivity contribution is 6.02. The molecule has 6 rings (SSSR count). The summed E-state index contributed by atoms with van der Waals surface area (Å²) in [6.45, 7) is 10.4. The third kappa shape index (κ3) is 6.92. The normalized spacial score (nSPS) is 19.5. The standard InChI is InChI=1S/C34H41N9O3/c1-4-34(44)39-27-19-28(31(45-3)20-30(27)42-11-8-26(9-12-42)41-15-13-40(2)14-16-41)38-32-21-33(37-23-36-32)43-29(10-17-46-43)25-7-5-6-24(18-25)22-35/h4-7,18-21,23,26,29H,1,8-17H2,2-3H3,(H,39,44)(H,36,37,38). The van der Waals surface area contributed by atoms with Crippen LogP contribution >= 0.6 is 0 Å². The number of likely N-dealkylation sites (N-methyl/N-ethyl adjacent to an activating group) is 1. The van der Waals surface area contributed by atoms with E-state index in [1.807, 2.05) is 36.4 Å². The Kier molecular flexibility index (Phi) is 9.63. The maximum Gasteiger partial charge on any atom is 0.247 e. The smallest absolute Gasteiger partial charge is 0.247 e. The van der Waals surface area contributed by atoms with E-state index in [0.717, 1.165) is 69.8 Å². The van der Waals surface area contributed by atoms with Crippen LogP contribution in [0.2, 0.25) is 0 Å². The molecule has 0 saturated carbocycles. The zero-order chi connectivity index (χ0) is 32.0. The highest BCUT2D eigenvalue weighted by atomic mass is 16.7. The average Bonchev–Trinajstić information content (AvgIpc) is 3.59. The molecule has 12 heteroatoms. The first-order chi connectivity index (χ1) is 22.4. The fourth-order valence-corrected chi connectivity index (χ4v) is 6.53. The van der Waals surface area contributed by atoms with Gasteiger partial charge in [0.25, 0.3) is 0 Å². The zero-order valence-electron chi connectivity index (χ0n) is 26.5. The van der Waals surface area contributed by atoms with E-state index >= 15 is 0 Å². The minimum absolute atomic E-state index is 0.0917. The molecule has 2 N–H and O–H groups in total. The Morgan fingerprint density at radius 3 is 2.61 bits per heavy atom. The number of rotatable bonds is 9. The summed E-state index contributed by atoms with van der Waals surface area (Å²) < 4.78 is 5.85. The van der Waals surface area contributed by atoms with Gasteiger partial charge in [-0.25, -0.2) is 15.0 Å². The maximum absolute atomic E-state index is 12.5. The molecule has 1 unspecified atom stereocenters. The lowest BCUT2D eigenvalue weighted by molar-refractivity contribution is -0.111. The molecule has 0 spiro atoms. The molecule has 0 bridgehead atoms. The van der Waals surface area contributed by atoms with Crippen LogP contribution in [0.25, 0.3) is 0 Å². The topological polar surface area (TPSA) is 122 Å². The Balaban J connectivity index is 1.22. The Morgan fingerprint density at radius 1 is 1.07 bits per heavy atom. The second-order valence-electron chi connectivity index (χ2n) is 11.9. The number of nitrogens with one attached hydrogen (secondary N) is 2. The first kappa shape index (κ1) is 31.3. The van der Waals surface area contributed by atoms with E-state index in [0.29, 0.717) is 47.0 Å². The van der Waals surface area contributed by atoms with Crippen molar-refractivity contribution in [1.82, 2.24) is 19.8 Å². The second-order valence-corrected chi connectivity index (χ2v) is 11.9. The monoisotopic (exact) mass is 623 g/mol. The Bertz CT molecular complexity index is 1590. The maximum atomic E-state index is 12.5. The van der Waals surface area contributed by atoms with Gasteiger partial charge in [0.2, 0.25) is 5.91 Å². The number of carbonyl (C=O) groups excluding carboxylic acids is 1.